The van der Waals surface area contributed by atoms with Crippen LogP contribution in [0, 0.1) is 11.8 Å². The molecule has 0 spiro atoms. The van der Waals surface area contributed by atoms with Gasteiger partial charge in [-0.05, 0) is 31.4 Å². The predicted octanol–water partition coefficient (Wildman–Crippen LogP) is 2.96. The first kappa shape index (κ1) is 21.5. The Morgan fingerprint density at radius 1 is 1.32 bits per heavy atom. The molecule has 1 unspecified atom stereocenters. The van der Waals surface area contributed by atoms with Crippen LogP contribution in [0.1, 0.15) is 41.6 Å². The molecule has 1 aromatic carbocycles. The SMILES string of the molecule is CC#Cc1csc2nc(C(C)NC(=O)c3c(N)nn4c3NCC=C4)c(-c3ccccc3)c(=O)n12. The van der Waals surface area contributed by atoms with Crippen molar-refractivity contribution in [2.45, 2.75) is 19.9 Å². The Bertz CT molecular complexity index is 1570. The van der Waals surface area contributed by atoms with Gasteiger partial charge in [0.05, 0.1) is 17.3 Å². The number of benzene rings is 1. The van der Waals surface area contributed by atoms with Gasteiger partial charge in [-0.3, -0.25) is 9.59 Å². The van der Waals surface area contributed by atoms with Gasteiger partial charge in [0.25, 0.3) is 11.5 Å². The first-order valence-corrected chi connectivity index (χ1v) is 11.5. The van der Waals surface area contributed by atoms with Crippen molar-refractivity contribution in [3.05, 3.63) is 69.1 Å². The summed E-state index contributed by atoms with van der Waals surface area (Å²) in [4.78, 5) is 32.2. The fraction of sp³-hybridized carbons (Fsp3) is 0.167. The molecule has 170 valence electrons. The van der Waals surface area contributed by atoms with Crippen molar-refractivity contribution in [2.75, 3.05) is 17.6 Å². The maximum atomic E-state index is 13.7. The third kappa shape index (κ3) is 3.52. The van der Waals surface area contributed by atoms with Crippen LogP contribution in [0.5, 0.6) is 0 Å². The van der Waals surface area contributed by atoms with E-state index in [2.05, 4.69) is 27.6 Å². The minimum absolute atomic E-state index is 0.117. The zero-order valence-corrected chi connectivity index (χ0v) is 19.3. The molecule has 9 nitrogen and oxygen atoms in total. The minimum Gasteiger partial charge on any atom is -0.381 e. The van der Waals surface area contributed by atoms with Gasteiger partial charge in [0, 0.05) is 18.1 Å². The highest BCUT2D eigenvalue weighted by Gasteiger charge is 2.27. The van der Waals surface area contributed by atoms with Crippen LogP contribution in [-0.2, 0) is 0 Å². The number of rotatable bonds is 4. The smallest absolute Gasteiger partial charge is 0.267 e. The van der Waals surface area contributed by atoms with Crippen molar-refractivity contribution in [2.24, 2.45) is 0 Å². The van der Waals surface area contributed by atoms with Crippen LogP contribution in [0.2, 0.25) is 0 Å². The largest absolute Gasteiger partial charge is 0.381 e. The van der Waals surface area contributed by atoms with E-state index in [4.69, 9.17) is 10.7 Å². The lowest BCUT2D eigenvalue weighted by molar-refractivity contribution is 0.0941. The lowest BCUT2D eigenvalue weighted by Crippen LogP contribution is -2.31. The number of thiazole rings is 1. The summed E-state index contributed by atoms with van der Waals surface area (Å²) in [6.07, 6.45) is 3.63. The number of nitrogen functional groups attached to an aromatic ring is 1. The molecular formula is C24H21N7O2S. The molecule has 0 fully saturated rings. The first-order valence-electron chi connectivity index (χ1n) is 10.6. The van der Waals surface area contributed by atoms with E-state index in [-0.39, 0.29) is 16.9 Å². The third-order valence-electron chi connectivity index (χ3n) is 5.47. The molecule has 4 aromatic rings. The molecule has 10 heteroatoms. The molecule has 1 aliphatic rings. The van der Waals surface area contributed by atoms with E-state index in [0.29, 0.717) is 39.8 Å². The molecule has 1 aliphatic heterocycles. The van der Waals surface area contributed by atoms with Crippen LogP contribution in [-0.4, -0.2) is 31.6 Å². The van der Waals surface area contributed by atoms with Crippen molar-refractivity contribution in [1.29, 1.82) is 0 Å². The summed E-state index contributed by atoms with van der Waals surface area (Å²) < 4.78 is 3.05. The summed E-state index contributed by atoms with van der Waals surface area (Å²) in [6.45, 7) is 4.08. The third-order valence-corrected chi connectivity index (χ3v) is 6.29. The van der Waals surface area contributed by atoms with Crippen LogP contribution >= 0.6 is 11.3 Å². The second-order valence-electron chi connectivity index (χ2n) is 7.67. The number of hydrogen-bond acceptors (Lipinski definition) is 7. The van der Waals surface area contributed by atoms with E-state index in [1.807, 2.05) is 36.4 Å². The summed E-state index contributed by atoms with van der Waals surface area (Å²) in [5, 5.41) is 12.1. The van der Waals surface area contributed by atoms with Gasteiger partial charge in [-0.1, -0.05) is 36.3 Å². The van der Waals surface area contributed by atoms with Crippen molar-refractivity contribution in [3.63, 3.8) is 0 Å². The molecule has 0 radical (unpaired) electrons. The fourth-order valence-electron chi connectivity index (χ4n) is 3.97. The number of carbonyl (C=O) groups is 1. The normalized spacial score (nSPS) is 13.0. The van der Waals surface area contributed by atoms with Gasteiger partial charge < -0.3 is 16.4 Å². The van der Waals surface area contributed by atoms with Crippen molar-refractivity contribution in [3.8, 4) is 23.0 Å². The maximum absolute atomic E-state index is 13.7. The number of nitrogens with two attached hydrogens (primary N) is 1. The van der Waals surface area contributed by atoms with Gasteiger partial charge >= 0.3 is 0 Å². The molecule has 0 aliphatic carbocycles. The molecule has 4 heterocycles. The summed E-state index contributed by atoms with van der Waals surface area (Å²) in [5.74, 6) is 6.04. The number of nitrogens with zero attached hydrogens (tertiary/aromatic N) is 4. The lowest BCUT2D eigenvalue weighted by Gasteiger charge is -2.18. The highest BCUT2D eigenvalue weighted by Crippen LogP contribution is 2.28. The Kier molecular flexibility index (Phi) is 5.39. The molecule has 5 rings (SSSR count). The molecule has 0 saturated heterocycles. The lowest BCUT2D eigenvalue weighted by atomic mass is 10.0. The number of hydrogen-bond donors (Lipinski definition) is 3. The number of carbonyl (C=O) groups excluding carboxylic acids is 1. The van der Waals surface area contributed by atoms with E-state index in [1.165, 1.54) is 20.4 Å². The predicted molar refractivity (Wildman–Crippen MR) is 134 cm³/mol. The zero-order chi connectivity index (χ0) is 23.8. The van der Waals surface area contributed by atoms with E-state index in [9.17, 15) is 9.59 Å². The van der Waals surface area contributed by atoms with Crippen LogP contribution < -0.4 is 21.9 Å². The number of anilines is 2. The number of amides is 1. The quantitative estimate of drug-likeness (QED) is 0.394. The number of aromatic nitrogens is 4. The molecule has 0 saturated carbocycles. The van der Waals surface area contributed by atoms with E-state index >= 15 is 0 Å². The molecule has 1 amide bonds. The van der Waals surface area contributed by atoms with Crippen molar-refractivity contribution in [1.82, 2.24) is 24.5 Å². The van der Waals surface area contributed by atoms with Crippen molar-refractivity contribution >= 4 is 40.0 Å². The molecular weight excluding hydrogens is 450 g/mol. The minimum atomic E-state index is -0.586. The Morgan fingerprint density at radius 2 is 2.12 bits per heavy atom. The van der Waals surface area contributed by atoms with Gasteiger partial charge in [0.1, 0.15) is 17.1 Å². The Labute approximate surface area is 198 Å². The van der Waals surface area contributed by atoms with E-state index in [1.54, 1.807) is 25.4 Å². The Morgan fingerprint density at radius 3 is 2.88 bits per heavy atom. The van der Waals surface area contributed by atoms with Crippen molar-refractivity contribution < 1.29 is 4.79 Å². The molecule has 1 atom stereocenters. The number of nitrogens with one attached hydrogen (secondary N) is 2. The number of fused-ring (bicyclic) bond motifs is 2. The monoisotopic (exact) mass is 471 g/mol. The summed E-state index contributed by atoms with van der Waals surface area (Å²) in [5.41, 5.74) is 8.23. The van der Waals surface area contributed by atoms with Crippen LogP contribution in [0.25, 0.3) is 22.3 Å². The van der Waals surface area contributed by atoms with Gasteiger partial charge in [-0.25, -0.2) is 14.1 Å². The molecule has 34 heavy (non-hydrogen) atoms. The highest BCUT2D eigenvalue weighted by atomic mass is 32.1. The molecule has 0 bridgehead atoms. The van der Waals surface area contributed by atoms with Crippen LogP contribution in [0.4, 0.5) is 11.6 Å². The van der Waals surface area contributed by atoms with E-state index in [0.717, 1.165) is 0 Å². The topological polar surface area (TPSA) is 119 Å². The zero-order valence-electron chi connectivity index (χ0n) is 18.5. The van der Waals surface area contributed by atoms with Gasteiger partial charge in [-0.2, -0.15) is 0 Å². The average molecular weight is 472 g/mol. The Hall–Kier alpha value is -4.36. The average Bonchev–Trinajstić information content (AvgIpc) is 3.39. The van der Waals surface area contributed by atoms with Gasteiger partial charge in [-0.15, -0.1) is 16.4 Å². The highest BCUT2D eigenvalue weighted by molar-refractivity contribution is 7.15. The van der Waals surface area contributed by atoms with Crippen LogP contribution in [0.3, 0.4) is 0 Å². The second-order valence-corrected chi connectivity index (χ2v) is 8.51. The summed E-state index contributed by atoms with van der Waals surface area (Å²) in [6, 6.07) is 8.71. The van der Waals surface area contributed by atoms with Gasteiger partial charge in [0.15, 0.2) is 10.8 Å². The van der Waals surface area contributed by atoms with E-state index < -0.39 is 11.9 Å². The van der Waals surface area contributed by atoms with Crippen LogP contribution in [0.15, 0.2) is 46.6 Å². The second kappa shape index (κ2) is 8.53. The van der Waals surface area contributed by atoms with Gasteiger partial charge in [0.2, 0.25) is 0 Å². The molecule has 4 N–H and O–H groups in total. The first-order chi connectivity index (χ1) is 16.5. The standard InChI is InChI=1S/C24H21N7O2S/c1-3-8-16-13-34-24-28-19(17(23(33)31(16)24)15-9-5-4-6-10-15)14(2)27-22(32)18-20(25)29-30-12-7-11-26-21(18)30/h4-7,9-10,12-14,26H,11H2,1-2H3,(H2,25,29)(H,27,32). The maximum Gasteiger partial charge on any atom is 0.267 e. The Balaban J connectivity index is 1.61. The molecule has 3 aromatic heterocycles. The fourth-order valence-corrected chi connectivity index (χ4v) is 4.79. The summed E-state index contributed by atoms with van der Waals surface area (Å²) in [7, 11) is 0. The summed E-state index contributed by atoms with van der Waals surface area (Å²) >= 11 is 1.33.